The van der Waals surface area contributed by atoms with Crippen molar-refractivity contribution < 1.29 is 5.11 Å². The van der Waals surface area contributed by atoms with Crippen LogP contribution in [-0.4, -0.2) is 22.4 Å². The van der Waals surface area contributed by atoms with Gasteiger partial charge >= 0.3 is 0 Å². The summed E-state index contributed by atoms with van der Waals surface area (Å²) in [6, 6.07) is 18.9. The number of hydrogen-bond acceptors (Lipinski definition) is 3. The number of aliphatic hydroxyl groups is 1. The number of aliphatic hydroxyl groups excluding tert-OH is 1. The third-order valence-electron chi connectivity index (χ3n) is 5.09. The summed E-state index contributed by atoms with van der Waals surface area (Å²) in [6.07, 6.45) is 4.57. The number of pyridine rings is 1. The molecule has 0 radical (unpaired) electrons. The molecule has 3 nitrogen and oxygen atoms in total. The van der Waals surface area contributed by atoms with E-state index in [2.05, 4.69) is 53.3 Å². The van der Waals surface area contributed by atoms with Crippen molar-refractivity contribution in [3.8, 4) is 11.1 Å². The lowest BCUT2D eigenvalue weighted by Crippen LogP contribution is -2.08. The minimum atomic E-state index is 0.0858. The van der Waals surface area contributed by atoms with E-state index in [9.17, 15) is 5.11 Å². The van der Waals surface area contributed by atoms with Gasteiger partial charge in [0.2, 0.25) is 0 Å². The molecule has 0 bridgehead atoms. The maximum atomic E-state index is 9.83. The van der Waals surface area contributed by atoms with Crippen molar-refractivity contribution in [1.29, 1.82) is 0 Å². The van der Waals surface area contributed by atoms with Gasteiger partial charge in [-0.05, 0) is 47.7 Å². The van der Waals surface area contributed by atoms with Gasteiger partial charge in [0.05, 0.1) is 13.2 Å². The van der Waals surface area contributed by atoms with Gasteiger partial charge in [-0.2, -0.15) is 0 Å². The molecule has 0 saturated heterocycles. The lowest BCUT2D eigenvalue weighted by molar-refractivity contribution is 0.264. The molecule has 0 spiro atoms. The molecule has 3 heteroatoms. The van der Waals surface area contributed by atoms with Crippen LogP contribution in [0.3, 0.4) is 0 Å². The van der Waals surface area contributed by atoms with Gasteiger partial charge in [-0.25, -0.2) is 0 Å². The molecular weight excluding hydrogens is 320 g/mol. The topological polar surface area (TPSA) is 45.5 Å². The van der Waals surface area contributed by atoms with Crippen molar-refractivity contribution in [2.45, 2.75) is 25.8 Å². The van der Waals surface area contributed by atoms with Crippen LogP contribution in [0, 0.1) is 0 Å². The predicted octanol–water partition coefficient (Wildman–Crippen LogP) is 4.39. The Bertz CT molecular complexity index is 947. The predicted molar refractivity (Wildman–Crippen MR) is 106 cm³/mol. The van der Waals surface area contributed by atoms with Crippen LogP contribution >= 0.6 is 0 Å². The highest BCUT2D eigenvalue weighted by Crippen LogP contribution is 2.28. The Labute approximate surface area is 154 Å². The van der Waals surface area contributed by atoms with E-state index in [4.69, 9.17) is 0 Å². The summed E-state index contributed by atoms with van der Waals surface area (Å²) in [7, 11) is 0. The number of nitrogens with zero attached hydrogens (tertiary/aromatic N) is 2. The Morgan fingerprint density at radius 1 is 1.00 bits per heavy atom. The van der Waals surface area contributed by atoms with Gasteiger partial charge in [0.1, 0.15) is 0 Å². The second kappa shape index (κ2) is 7.22. The highest BCUT2D eigenvalue weighted by Gasteiger charge is 2.15. The van der Waals surface area contributed by atoms with Crippen LogP contribution in [0.15, 0.2) is 72.0 Å². The van der Waals surface area contributed by atoms with Gasteiger partial charge in [0, 0.05) is 35.2 Å². The van der Waals surface area contributed by atoms with E-state index in [1.54, 1.807) is 0 Å². The summed E-state index contributed by atoms with van der Waals surface area (Å²) >= 11 is 0. The second-order valence-electron chi connectivity index (χ2n) is 6.85. The molecule has 0 amide bonds. The first-order valence-electron chi connectivity index (χ1n) is 8.99. The zero-order valence-corrected chi connectivity index (χ0v) is 14.9. The van der Waals surface area contributed by atoms with Gasteiger partial charge in [-0.15, -0.1) is 0 Å². The Kier molecular flexibility index (Phi) is 4.63. The molecule has 1 aromatic heterocycles. The lowest BCUT2D eigenvalue weighted by Gasteiger charge is -2.15. The maximum absolute atomic E-state index is 9.83. The van der Waals surface area contributed by atoms with Crippen LogP contribution in [0.4, 0.5) is 0 Å². The molecular formula is C23H22N2O. The summed E-state index contributed by atoms with van der Waals surface area (Å²) < 4.78 is 0. The molecule has 1 N–H and O–H groups in total. The van der Waals surface area contributed by atoms with Crippen molar-refractivity contribution in [3.63, 3.8) is 0 Å². The summed E-state index contributed by atoms with van der Waals surface area (Å²) in [6.45, 7) is 2.98. The zero-order valence-electron chi connectivity index (χ0n) is 14.9. The smallest absolute Gasteiger partial charge is 0.0649 e. The highest BCUT2D eigenvalue weighted by atomic mass is 16.3. The molecule has 0 fully saturated rings. The molecule has 1 atom stereocenters. The quantitative estimate of drug-likeness (QED) is 0.747. The van der Waals surface area contributed by atoms with Crippen molar-refractivity contribution in [2.75, 3.05) is 6.61 Å². The van der Waals surface area contributed by atoms with E-state index in [0.29, 0.717) is 0 Å². The van der Waals surface area contributed by atoms with E-state index in [-0.39, 0.29) is 12.5 Å². The molecule has 2 heterocycles. The van der Waals surface area contributed by atoms with E-state index in [0.717, 1.165) is 40.9 Å². The van der Waals surface area contributed by atoms with Gasteiger partial charge in [-0.1, -0.05) is 42.5 Å². The molecule has 3 aromatic rings. The molecule has 26 heavy (non-hydrogen) atoms. The Morgan fingerprint density at radius 2 is 1.85 bits per heavy atom. The second-order valence-corrected chi connectivity index (χ2v) is 6.85. The first-order chi connectivity index (χ1) is 12.7. The molecule has 0 aliphatic carbocycles. The maximum Gasteiger partial charge on any atom is 0.0649 e. The fourth-order valence-corrected chi connectivity index (χ4v) is 3.57. The van der Waals surface area contributed by atoms with Gasteiger partial charge in [-0.3, -0.25) is 9.98 Å². The third-order valence-corrected chi connectivity index (χ3v) is 5.09. The molecule has 130 valence electrons. The Morgan fingerprint density at radius 3 is 2.65 bits per heavy atom. The van der Waals surface area contributed by atoms with Crippen LogP contribution in [-0.2, 0) is 13.0 Å². The average molecular weight is 342 g/mol. The van der Waals surface area contributed by atoms with E-state index >= 15 is 0 Å². The summed E-state index contributed by atoms with van der Waals surface area (Å²) in [5, 5.41) is 9.83. The number of benzene rings is 2. The normalized spacial score (nSPS) is 14.0. The number of rotatable bonds is 5. The SMILES string of the molecule is CC1=NCc2ccc(-c3cncc(C[C@@H](CO)c4ccccc4)c3)cc21. The summed E-state index contributed by atoms with van der Waals surface area (Å²) in [4.78, 5) is 8.96. The Hall–Kier alpha value is -2.78. The average Bonchev–Trinajstić information content (AvgIpc) is 3.07. The van der Waals surface area contributed by atoms with E-state index in [1.165, 1.54) is 11.1 Å². The molecule has 1 aliphatic rings. The molecule has 2 aromatic carbocycles. The highest BCUT2D eigenvalue weighted by molar-refractivity contribution is 6.02. The standard InChI is InChI=1S/C23H22N2O/c1-16-23-11-19(7-8-20(23)14-25-16)21-9-17(12-24-13-21)10-22(15-26)18-5-3-2-4-6-18/h2-9,11-13,22,26H,10,14-15H2,1H3/t22-/m0/s1. The first-order valence-corrected chi connectivity index (χ1v) is 8.99. The van der Waals surface area contributed by atoms with Gasteiger partial charge in [0.25, 0.3) is 0 Å². The van der Waals surface area contributed by atoms with Crippen LogP contribution in [0.5, 0.6) is 0 Å². The van der Waals surface area contributed by atoms with Gasteiger partial charge < -0.3 is 5.11 Å². The lowest BCUT2D eigenvalue weighted by atomic mass is 9.92. The zero-order chi connectivity index (χ0) is 17.9. The summed E-state index contributed by atoms with van der Waals surface area (Å²) in [5.74, 6) is 0.0858. The molecule has 4 rings (SSSR count). The van der Waals surface area contributed by atoms with E-state index < -0.39 is 0 Å². The van der Waals surface area contributed by atoms with Crippen LogP contribution in [0.2, 0.25) is 0 Å². The summed E-state index contributed by atoms with van der Waals surface area (Å²) in [5.41, 5.74) is 8.20. The minimum Gasteiger partial charge on any atom is -0.396 e. The van der Waals surface area contributed by atoms with Crippen LogP contribution in [0.1, 0.15) is 35.1 Å². The largest absolute Gasteiger partial charge is 0.396 e. The van der Waals surface area contributed by atoms with Crippen molar-refractivity contribution in [1.82, 2.24) is 4.98 Å². The Balaban J connectivity index is 1.61. The fraction of sp³-hybridized carbons (Fsp3) is 0.217. The van der Waals surface area contributed by atoms with Crippen molar-refractivity contribution >= 4 is 5.71 Å². The third kappa shape index (κ3) is 3.31. The van der Waals surface area contributed by atoms with Crippen molar-refractivity contribution in [2.24, 2.45) is 4.99 Å². The monoisotopic (exact) mass is 342 g/mol. The molecule has 0 unspecified atom stereocenters. The fourth-order valence-electron chi connectivity index (χ4n) is 3.57. The molecule has 0 saturated carbocycles. The number of aliphatic imine (C=N–C) groups is 1. The number of fused-ring (bicyclic) bond motifs is 1. The first kappa shape index (κ1) is 16.7. The molecule has 1 aliphatic heterocycles. The van der Waals surface area contributed by atoms with E-state index in [1.807, 2.05) is 30.6 Å². The van der Waals surface area contributed by atoms with Crippen LogP contribution in [0.25, 0.3) is 11.1 Å². The minimum absolute atomic E-state index is 0.0858. The van der Waals surface area contributed by atoms with Crippen LogP contribution < -0.4 is 0 Å². The van der Waals surface area contributed by atoms with Gasteiger partial charge in [0.15, 0.2) is 0 Å². The van der Waals surface area contributed by atoms with Crippen molar-refractivity contribution in [3.05, 3.63) is 89.2 Å². The number of hydrogen-bond donors (Lipinski definition) is 1. The number of aromatic nitrogens is 1.